The van der Waals surface area contributed by atoms with Crippen molar-refractivity contribution in [3.05, 3.63) is 64.7 Å². The molecule has 1 aliphatic carbocycles. The molecular formula is C21H23NO2. The number of hydrogen-bond donors (Lipinski definition) is 1. The molecule has 1 amide bonds. The molecule has 0 spiro atoms. The molecule has 0 heterocycles. The van der Waals surface area contributed by atoms with Gasteiger partial charge in [0.15, 0.2) is 5.78 Å². The third kappa shape index (κ3) is 4.10. The van der Waals surface area contributed by atoms with Crippen molar-refractivity contribution in [2.75, 3.05) is 5.32 Å². The summed E-state index contributed by atoms with van der Waals surface area (Å²) in [5, 5.41) is 2.85. The van der Waals surface area contributed by atoms with Crippen LogP contribution in [-0.4, -0.2) is 11.7 Å². The summed E-state index contributed by atoms with van der Waals surface area (Å²) < 4.78 is 0. The van der Waals surface area contributed by atoms with Crippen molar-refractivity contribution >= 4 is 17.4 Å². The highest BCUT2D eigenvalue weighted by atomic mass is 16.2. The Kier molecular flexibility index (Phi) is 5.09. The van der Waals surface area contributed by atoms with E-state index in [1.807, 2.05) is 43.3 Å². The second-order valence-electron chi connectivity index (χ2n) is 6.53. The summed E-state index contributed by atoms with van der Waals surface area (Å²) in [5.41, 5.74) is 5.28. The molecule has 2 aromatic carbocycles. The molecule has 3 nitrogen and oxygen atoms in total. The van der Waals surface area contributed by atoms with Crippen LogP contribution in [0.3, 0.4) is 0 Å². The first kappa shape index (κ1) is 16.4. The molecule has 3 heteroatoms. The number of nitrogens with one attached hydrogen (secondary N) is 1. The van der Waals surface area contributed by atoms with Gasteiger partial charge in [-0.3, -0.25) is 9.59 Å². The normalized spacial score (nSPS) is 13.2. The van der Waals surface area contributed by atoms with Gasteiger partial charge in [0.2, 0.25) is 5.91 Å². The summed E-state index contributed by atoms with van der Waals surface area (Å²) in [5.74, 6) is -0.0744. The van der Waals surface area contributed by atoms with Gasteiger partial charge < -0.3 is 5.32 Å². The van der Waals surface area contributed by atoms with E-state index < -0.39 is 0 Å². The zero-order valence-corrected chi connectivity index (χ0v) is 14.1. The predicted octanol–water partition coefficient (Wildman–Crippen LogP) is 4.48. The third-order valence-electron chi connectivity index (χ3n) is 4.55. The molecule has 0 radical (unpaired) electrons. The first-order valence-electron chi connectivity index (χ1n) is 8.63. The number of rotatable bonds is 5. The van der Waals surface area contributed by atoms with E-state index in [4.69, 9.17) is 0 Å². The monoisotopic (exact) mass is 321 g/mol. The Morgan fingerprint density at radius 3 is 2.54 bits per heavy atom. The van der Waals surface area contributed by atoms with Crippen LogP contribution in [0.2, 0.25) is 0 Å². The van der Waals surface area contributed by atoms with Crippen LogP contribution in [0.1, 0.15) is 52.7 Å². The molecule has 2 aromatic rings. The van der Waals surface area contributed by atoms with Crippen LogP contribution < -0.4 is 5.32 Å². The maximum Gasteiger partial charge on any atom is 0.224 e. The highest BCUT2D eigenvalue weighted by Crippen LogP contribution is 2.23. The number of amides is 1. The van der Waals surface area contributed by atoms with Gasteiger partial charge in [0.05, 0.1) is 0 Å². The first-order valence-corrected chi connectivity index (χ1v) is 8.63. The van der Waals surface area contributed by atoms with E-state index in [1.54, 1.807) is 0 Å². The van der Waals surface area contributed by atoms with Crippen molar-refractivity contribution in [3.8, 4) is 0 Å². The lowest BCUT2D eigenvalue weighted by atomic mass is 9.89. The Balaban J connectivity index is 1.56. The predicted molar refractivity (Wildman–Crippen MR) is 96.5 cm³/mol. The van der Waals surface area contributed by atoms with Crippen LogP contribution in [0.4, 0.5) is 5.69 Å². The molecule has 124 valence electrons. The number of aryl methyl sites for hydroxylation is 3. The van der Waals surface area contributed by atoms with Crippen LogP contribution in [0.25, 0.3) is 0 Å². The summed E-state index contributed by atoms with van der Waals surface area (Å²) in [6.45, 7) is 1.98. The summed E-state index contributed by atoms with van der Waals surface area (Å²) in [7, 11) is 0. The maximum absolute atomic E-state index is 12.4. The van der Waals surface area contributed by atoms with Crippen molar-refractivity contribution < 1.29 is 9.59 Å². The van der Waals surface area contributed by atoms with Crippen LogP contribution in [-0.2, 0) is 17.6 Å². The Labute approximate surface area is 143 Å². The molecule has 1 aliphatic rings. The largest absolute Gasteiger partial charge is 0.326 e. The Morgan fingerprint density at radius 1 is 0.958 bits per heavy atom. The molecule has 0 aromatic heterocycles. The van der Waals surface area contributed by atoms with E-state index in [1.165, 1.54) is 24.0 Å². The Bertz CT molecular complexity index is 764. The van der Waals surface area contributed by atoms with Gasteiger partial charge in [-0.05, 0) is 67.5 Å². The lowest BCUT2D eigenvalue weighted by molar-refractivity contribution is -0.116. The van der Waals surface area contributed by atoms with Crippen LogP contribution in [0, 0.1) is 6.92 Å². The van der Waals surface area contributed by atoms with Crippen molar-refractivity contribution in [3.63, 3.8) is 0 Å². The number of carbonyl (C=O) groups excluding carboxylic acids is 2. The second-order valence-corrected chi connectivity index (χ2v) is 6.53. The van der Waals surface area contributed by atoms with E-state index in [2.05, 4.69) is 11.4 Å². The lowest BCUT2D eigenvalue weighted by Gasteiger charge is -2.16. The van der Waals surface area contributed by atoms with E-state index in [0.717, 1.165) is 29.7 Å². The Morgan fingerprint density at radius 2 is 1.75 bits per heavy atom. The lowest BCUT2D eigenvalue weighted by Crippen LogP contribution is -2.14. The van der Waals surface area contributed by atoms with E-state index in [-0.39, 0.29) is 24.5 Å². The molecule has 0 saturated heterocycles. The van der Waals surface area contributed by atoms with Crippen LogP contribution in [0.15, 0.2) is 42.5 Å². The molecule has 0 aliphatic heterocycles. The summed E-state index contributed by atoms with van der Waals surface area (Å²) in [6.07, 6.45) is 5.07. The number of anilines is 1. The minimum Gasteiger partial charge on any atom is -0.326 e. The van der Waals surface area contributed by atoms with Gasteiger partial charge in [-0.25, -0.2) is 0 Å². The summed E-state index contributed by atoms with van der Waals surface area (Å²) in [6, 6.07) is 13.7. The molecule has 1 N–H and O–H groups in total. The van der Waals surface area contributed by atoms with E-state index >= 15 is 0 Å². The van der Waals surface area contributed by atoms with Crippen molar-refractivity contribution in [1.29, 1.82) is 0 Å². The van der Waals surface area contributed by atoms with E-state index in [0.29, 0.717) is 0 Å². The highest BCUT2D eigenvalue weighted by Gasteiger charge is 2.14. The quantitative estimate of drug-likeness (QED) is 0.826. The van der Waals surface area contributed by atoms with E-state index in [9.17, 15) is 9.59 Å². The SMILES string of the molecule is Cc1cccc(NC(=O)CCC(=O)c2ccc3c(c2)CCCC3)c1. The fourth-order valence-electron chi connectivity index (χ4n) is 3.22. The molecule has 0 bridgehead atoms. The molecular weight excluding hydrogens is 298 g/mol. The summed E-state index contributed by atoms with van der Waals surface area (Å²) >= 11 is 0. The van der Waals surface area contributed by atoms with Gasteiger partial charge in [-0.1, -0.05) is 24.3 Å². The molecule has 24 heavy (non-hydrogen) atoms. The second kappa shape index (κ2) is 7.43. The average molecular weight is 321 g/mol. The standard InChI is InChI=1S/C21H23NO2/c1-15-5-4-8-19(13-15)22-21(24)12-11-20(23)18-10-9-16-6-2-3-7-17(16)14-18/h4-5,8-10,13-14H,2-3,6-7,11-12H2,1H3,(H,22,24). The van der Waals surface area contributed by atoms with Gasteiger partial charge in [-0.2, -0.15) is 0 Å². The number of hydrogen-bond acceptors (Lipinski definition) is 2. The van der Waals surface area contributed by atoms with Gasteiger partial charge in [-0.15, -0.1) is 0 Å². The number of carbonyl (C=O) groups is 2. The smallest absolute Gasteiger partial charge is 0.224 e. The van der Waals surface area contributed by atoms with Gasteiger partial charge in [0, 0.05) is 24.1 Å². The third-order valence-corrected chi connectivity index (χ3v) is 4.55. The number of fused-ring (bicyclic) bond motifs is 1. The van der Waals surface area contributed by atoms with Crippen LogP contribution >= 0.6 is 0 Å². The zero-order valence-electron chi connectivity index (χ0n) is 14.1. The summed E-state index contributed by atoms with van der Waals surface area (Å²) in [4.78, 5) is 24.4. The maximum atomic E-state index is 12.4. The number of Topliss-reactive ketones (excluding diaryl/α,β-unsaturated/α-hetero) is 1. The highest BCUT2D eigenvalue weighted by molar-refractivity contribution is 6.00. The Hall–Kier alpha value is -2.42. The number of ketones is 1. The minimum absolute atomic E-state index is 0.0442. The minimum atomic E-state index is -0.119. The first-order chi connectivity index (χ1) is 11.6. The fraction of sp³-hybridized carbons (Fsp3) is 0.333. The molecule has 3 rings (SSSR count). The molecule has 0 saturated carbocycles. The van der Waals surface area contributed by atoms with Gasteiger partial charge >= 0.3 is 0 Å². The average Bonchev–Trinajstić information content (AvgIpc) is 2.59. The molecule has 0 atom stereocenters. The van der Waals surface area contributed by atoms with Crippen molar-refractivity contribution in [2.24, 2.45) is 0 Å². The van der Waals surface area contributed by atoms with Crippen LogP contribution in [0.5, 0.6) is 0 Å². The topological polar surface area (TPSA) is 46.2 Å². The van der Waals surface area contributed by atoms with Gasteiger partial charge in [0.25, 0.3) is 0 Å². The fourth-order valence-corrected chi connectivity index (χ4v) is 3.22. The molecule has 0 fully saturated rings. The molecule has 0 unspecified atom stereocenters. The number of benzene rings is 2. The van der Waals surface area contributed by atoms with Crippen molar-refractivity contribution in [2.45, 2.75) is 45.4 Å². The zero-order chi connectivity index (χ0) is 16.9. The van der Waals surface area contributed by atoms with Gasteiger partial charge in [0.1, 0.15) is 0 Å². The van der Waals surface area contributed by atoms with Crippen molar-refractivity contribution in [1.82, 2.24) is 0 Å².